The number of hydrogen-bond acceptors (Lipinski definition) is 5. The first-order valence-electron chi connectivity index (χ1n) is 6.43. The summed E-state index contributed by atoms with van der Waals surface area (Å²) in [5.74, 6) is -3.81. The van der Waals surface area contributed by atoms with Gasteiger partial charge in [-0.05, 0) is 6.07 Å². The first-order valence-corrected chi connectivity index (χ1v) is 6.43. The van der Waals surface area contributed by atoms with Crippen LogP contribution in [0.25, 0.3) is 11.3 Å². The molecule has 0 aromatic carbocycles. The molecule has 0 radical (unpaired) electrons. The highest BCUT2D eigenvalue weighted by Crippen LogP contribution is 2.36. The van der Waals surface area contributed by atoms with Gasteiger partial charge in [0.25, 0.3) is 0 Å². The van der Waals surface area contributed by atoms with Crippen LogP contribution < -0.4 is 4.90 Å². The van der Waals surface area contributed by atoms with Crippen molar-refractivity contribution in [2.45, 2.75) is 6.18 Å². The van der Waals surface area contributed by atoms with Crippen LogP contribution in [0, 0.1) is 11.7 Å². The molecule has 122 valence electrons. The Labute approximate surface area is 126 Å². The molecular formula is C13H9F4N3O3. The molecule has 23 heavy (non-hydrogen) atoms. The van der Waals surface area contributed by atoms with Gasteiger partial charge in [0.2, 0.25) is 0 Å². The Balaban J connectivity index is 1.78. The molecule has 0 spiro atoms. The van der Waals surface area contributed by atoms with Gasteiger partial charge in [-0.2, -0.15) is 13.2 Å². The van der Waals surface area contributed by atoms with E-state index in [-0.39, 0.29) is 35.9 Å². The molecule has 1 aliphatic rings. The maximum absolute atomic E-state index is 14.0. The summed E-state index contributed by atoms with van der Waals surface area (Å²) in [5, 5.41) is 12.0. The molecule has 0 aliphatic carbocycles. The van der Waals surface area contributed by atoms with Gasteiger partial charge in [-0.3, -0.25) is 0 Å². The van der Waals surface area contributed by atoms with Crippen molar-refractivity contribution in [2.24, 2.45) is 5.92 Å². The van der Waals surface area contributed by atoms with Crippen molar-refractivity contribution in [1.82, 2.24) is 10.1 Å². The number of rotatable bonds is 3. The molecular weight excluding hydrogens is 322 g/mol. The number of halogens is 4. The molecule has 0 unspecified atom stereocenters. The number of hydrogen-bond donors (Lipinski definition) is 1. The smallest absolute Gasteiger partial charge is 0.395 e. The summed E-state index contributed by atoms with van der Waals surface area (Å²) in [6.45, 7) is -0.698. The minimum atomic E-state index is -4.31. The Bertz CT molecular complexity index is 753. The van der Waals surface area contributed by atoms with Crippen molar-refractivity contribution in [3.05, 3.63) is 29.8 Å². The molecule has 2 aromatic rings. The summed E-state index contributed by atoms with van der Waals surface area (Å²) in [4.78, 5) is 15.7. The fourth-order valence-electron chi connectivity index (χ4n) is 2.17. The molecule has 3 rings (SSSR count). The van der Waals surface area contributed by atoms with Crippen molar-refractivity contribution in [1.29, 1.82) is 0 Å². The molecule has 0 amide bonds. The first-order chi connectivity index (χ1) is 10.8. The average molecular weight is 331 g/mol. The van der Waals surface area contributed by atoms with Crippen molar-refractivity contribution < 1.29 is 32.0 Å². The van der Waals surface area contributed by atoms with Gasteiger partial charge in [0.05, 0.1) is 5.92 Å². The van der Waals surface area contributed by atoms with Gasteiger partial charge in [0, 0.05) is 30.9 Å². The number of carbonyl (C=O) groups is 1. The highest BCUT2D eigenvalue weighted by molar-refractivity contribution is 5.86. The third-order valence-electron chi connectivity index (χ3n) is 3.48. The van der Waals surface area contributed by atoms with Crippen molar-refractivity contribution >= 4 is 11.8 Å². The van der Waals surface area contributed by atoms with E-state index in [1.54, 1.807) is 0 Å². The number of aromatic nitrogens is 2. The van der Waals surface area contributed by atoms with Gasteiger partial charge >= 0.3 is 12.1 Å². The Morgan fingerprint density at radius 2 is 2.04 bits per heavy atom. The lowest BCUT2D eigenvalue weighted by Crippen LogP contribution is -2.54. The van der Waals surface area contributed by atoms with Crippen molar-refractivity contribution in [3.63, 3.8) is 0 Å². The molecule has 1 aliphatic heterocycles. The minimum Gasteiger partial charge on any atom is -0.476 e. The van der Waals surface area contributed by atoms with E-state index < -0.39 is 23.9 Å². The third-order valence-corrected chi connectivity index (χ3v) is 3.48. The molecule has 1 saturated heterocycles. The Hall–Kier alpha value is -2.65. The zero-order valence-corrected chi connectivity index (χ0v) is 11.3. The van der Waals surface area contributed by atoms with E-state index >= 15 is 0 Å². The van der Waals surface area contributed by atoms with E-state index in [1.165, 1.54) is 11.1 Å². The van der Waals surface area contributed by atoms with E-state index in [2.05, 4.69) is 10.1 Å². The normalized spacial score (nSPS) is 15.6. The zero-order chi connectivity index (χ0) is 16.8. The van der Waals surface area contributed by atoms with Crippen LogP contribution in [0.4, 0.5) is 23.4 Å². The molecule has 0 saturated carbocycles. The fraction of sp³-hybridized carbons (Fsp3) is 0.308. The second-order valence-electron chi connectivity index (χ2n) is 5.05. The largest absolute Gasteiger partial charge is 0.476 e. The SMILES string of the molecule is O=C(O)c1cc(-c2cnc(N3CC(C(F)(F)F)C3)c(F)c2)on1. The maximum Gasteiger partial charge on any atom is 0.395 e. The quantitative estimate of drug-likeness (QED) is 0.871. The van der Waals surface area contributed by atoms with Gasteiger partial charge in [-0.25, -0.2) is 14.2 Å². The molecule has 2 aromatic heterocycles. The molecule has 0 atom stereocenters. The second kappa shape index (κ2) is 5.21. The van der Waals surface area contributed by atoms with Crippen LogP contribution in [0.15, 0.2) is 22.9 Å². The topological polar surface area (TPSA) is 79.5 Å². The molecule has 1 fully saturated rings. The van der Waals surface area contributed by atoms with Crippen LogP contribution in [-0.4, -0.2) is 40.5 Å². The van der Waals surface area contributed by atoms with Crippen LogP contribution in [-0.2, 0) is 0 Å². The third kappa shape index (κ3) is 2.83. The van der Waals surface area contributed by atoms with E-state index in [1.807, 2.05) is 0 Å². The number of anilines is 1. The van der Waals surface area contributed by atoms with Crippen LogP contribution in [0.2, 0.25) is 0 Å². The predicted molar refractivity (Wildman–Crippen MR) is 68.4 cm³/mol. The molecule has 0 bridgehead atoms. The van der Waals surface area contributed by atoms with Crippen LogP contribution in [0.5, 0.6) is 0 Å². The fourth-order valence-corrected chi connectivity index (χ4v) is 2.17. The predicted octanol–water partition coefficient (Wildman–Crippen LogP) is 2.57. The summed E-state index contributed by atoms with van der Waals surface area (Å²) in [6.07, 6.45) is -3.12. The van der Waals surface area contributed by atoms with E-state index in [0.29, 0.717) is 0 Å². The van der Waals surface area contributed by atoms with Gasteiger partial charge in [-0.1, -0.05) is 5.16 Å². The lowest BCUT2D eigenvalue weighted by atomic mass is 9.99. The number of aromatic carboxylic acids is 1. The van der Waals surface area contributed by atoms with Gasteiger partial charge in [0.1, 0.15) is 0 Å². The van der Waals surface area contributed by atoms with Gasteiger partial charge in [0.15, 0.2) is 23.1 Å². The van der Waals surface area contributed by atoms with Gasteiger partial charge < -0.3 is 14.5 Å². The summed E-state index contributed by atoms with van der Waals surface area (Å²) in [5.41, 5.74) is -0.209. The highest BCUT2D eigenvalue weighted by atomic mass is 19.4. The number of carboxylic acid groups (broad SMARTS) is 1. The number of pyridine rings is 1. The highest BCUT2D eigenvalue weighted by Gasteiger charge is 2.48. The van der Waals surface area contributed by atoms with Crippen LogP contribution >= 0.6 is 0 Å². The molecule has 6 nitrogen and oxygen atoms in total. The second-order valence-corrected chi connectivity index (χ2v) is 5.05. The molecule has 10 heteroatoms. The van der Waals surface area contributed by atoms with E-state index in [9.17, 15) is 22.4 Å². The summed E-state index contributed by atoms with van der Waals surface area (Å²) < 4.78 is 56.1. The number of carboxylic acids is 1. The lowest BCUT2D eigenvalue weighted by Gasteiger charge is -2.40. The summed E-state index contributed by atoms with van der Waals surface area (Å²) in [7, 11) is 0. The lowest BCUT2D eigenvalue weighted by molar-refractivity contribution is -0.180. The van der Waals surface area contributed by atoms with Crippen molar-refractivity contribution in [2.75, 3.05) is 18.0 Å². The Morgan fingerprint density at radius 3 is 2.57 bits per heavy atom. The van der Waals surface area contributed by atoms with Crippen molar-refractivity contribution in [3.8, 4) is 11.3 Å². The first kappa shape index (κ1) is 15.3. The van der Waals surface area contributed by atoms with E-state index in [0.717, 1.165) is 12.1 Å². The monoisotopic (exact) mass is 331 g/mol. The zero-order valence-electron chi connectivity index (χ0n) is 11.3. The Kier molecular flexibility index (Phi) is 3.46. The number of alkyl halides is 3. The minimum absolute atomic E-state index is 0.00266. The van der Waals surface area contributed by atoms with E-state index in [4.69, 9.17) is 9.63 Å². The van der Waals surface area contributed by atoms with Crippen LogP contribution in [0.3, 0.4) is 0 Å². The summed E-state index contributed by atoms with van der Waals surface area (Å²) >= 11 is 0. The van der Waals surface area contributed by atoms with Crippen LogP contribution in [0.1, 0.15) is 10.5 Å². The average Bonchev–Trinajstić information content (AvgIpc) is 2.87. The molecule has 3 heterocycles. The standard InChI is InChI=1S/C13H9F4N3O3/c14-8-1-6(10-2-9(12(21)22)19-23-10)3-18-11(8)20-4-7(5-20)13(15,16)17/h1-3,7H,4-5H2,(H,21,22). The summed E-state index contributed by atoms with van der Waals surface area (Å²) in [6, 6.07) is 2.11. The maximum atomic E-state index is 14.0. The molecule has 1 N–H and O–H groups in total. The number of nitrogens with zero attached hydrogens (tertiary/aromatic N) is 3. The Morgan fingerprint density at radius 1 is 1.35 bits per heavy atom. The van der Waals surface area contributed by atoms with Gasteiger partial charge in [-0.15, -0.1) is 0 Å².